The molecule has 1 aliphatic rings. The molecule has 1 aliphatic heterocycles. The highest BCUT2D eigenvalue weighted by Crippen LogP contribution is 2.44. The normalized spacial score (nSPS) is 17.7. The molecule has 0 bridgehead atoms. The van der Waals surface area contributed by atoms with Gasteiger partial charge in [-0.25, -0.2) is 0 Å². The second-order valence-electron chi connectivity index (χ2n) is 6.91. The highest BCUT2D eigenvalue weighted by Gasteiger charge is 2.51. The number of nitrogens with zero attached hydrogens (tertiary/aromatic N) is 1. The minimum absolute atomic E-state index is 0.220. The van der Waals surface area contributed by atoms with Crippen molar-refractivity contribution < 1.29 is 14.7 Å². The van der Waals surface area contributed by atoms with Crippen molar-refractivity contribution in [1.82, 2.24) is 0 Å². The number of rotatable bonds is 5. The first-order chi connectivity index (χ1) is 14.4. The summed E-state index contributed by atoms with van der Waals surface area (Å²) in [6.07, 6.45) is 1.96. The van der Waals surface area contributed by atoms with Crippen LogP contribution in [0.1, 0.15) is 11.1 Å². The molecule has 1 unspecified atom stereocenters. The zero-order valence-electron chi connectivity index (χ0n) is 16.1. The predicted octanol–water partition coefficient (Wildman–Crippen LogP) is 4.28. The first kappa shape index (κ1) is 20.5. The number of fused-ring (bicyclic) bond motifs is 1. The molecule has 7 heteroatoms. The third kappa shape index (κ3) is 3.58. The van der Waals surface area contributed by atoms with E-state index in [0.29, 0.717) is 27.5 Å². The van der Waals surface area contributed by atoms with Gasteiger partial charge in [0.05, 0.1) is 5.69 Å². The Morgan fingerprint density at radius 3 is 2.63 bits per heavy atom. The fourth-order valence-corrected chi connectivity index (χ4v) is 4.28. The number of thioether (sulfide) groups is 1. The third-order valence-corrected chi connectivity index (χ3v) is 6.00. The average Bonchev–Trinajstić information content (AvgIpc) is 2.97. The molecule has 1 atom stereocenters. The van der Waals surface area contributed by atoms with Crippen molar-refractivity contribution in [2.24, 2.45) is 0 Å². The fraction of sp³-hybridized carbons (Fsp3) is 0.130. The van der Waals surface area contributed by atoms with Gasteiger partial charge in [-0.05, 0) is 48.2 Å². The lowest BCUT2D eigenvalue weighted by molar-refractivity contribution is -0.133. The van der Waals surface area contributed by atoms with E-state index in [0.717, 1.165) is 4.90 Å². The first-order valence-corrected chi connectivity index (χ1v) is 10.9. The molecule has 0 radical (unpaired) electrons. The van der Waals surface area contributed by atoms with Crippen LogP contribution in [-0.4, -0.2) is 29.7 Å². The molecule has 4 rings (SSSR count). The lowest BCUT2D eigenvalue weighted by Gasteiger charge is -2.23. The van der Waals surface area contributed by atoms with Crippen molar-refractivity contribution in [1.29, 1.82) is 0 Å². The molecule has 3 aromatic rings. The van der Waals surface area contributed by atoms with Gasteiger partial charge < -0.3 is 10.4 Å². The van der Waals surface area contributed by atoms with Crippen LogP contribution < -0.4 is 10.2 Å². The summed E-state index contributed by atoms with van der Waals surface area (Å²) >= 11 is 7.67. The van der Waals surface area contributed by atoms with Crippen molar-refractivity contribution in [3.63, 3.8) is 0 Å². The molecule has 3 aromatic carbocycles. The zero-order chi connectivity index (χ0) is 21.3. The van der Waals surface area contributed by atoms with Gasteiger partial charge >= 0.3 is 0 Å². The number of nitrogens with one attached hydrogen (secondary N) is 1. The van der Waals surface area contributed by atoms with Gasteiger partial charge in [0, 0.05) is 21.2 Å². The van der Waals surface area contributed by atoms with Crippen molar-refractivity contribution >= 4 is 46.6 Å². The topological polar surface area (TPSA) is 69.6 Å². The summed E-state index contributed by atoms with van der Waals surface area (Å²) in [6, 6.07) is 21.0. The van der Waals surface area contributed by atoms with Crippen molar-refractivity contribution in [2.45, 2.75) is 10.5 Å². The van der Waals surface area contributed by atoms with Crippen molar-refractivity contribution in [3.8, 4) is 0 Å². The number of aliphatic hydroxyl groups is 1. The molecule has 0 spiro atoms. The Bertz CT molecular complexity index is 1140. The predicted molar refractivity (Wildman–Crippen MR) is 120 cm³/mol. The first-order valence-electron chi connectivity index (χ1n) is 9.27. The summed E-state index contributed by atoms with van der Waals surface area (Å²) in [7, 11) is 0. The van der Waals surface area contributed by atoms with Gasteiger partial charge in [0.1, 0.15) is 6.54 Å². The van der Waals surface area contributed by atoms with Gasteiger partial charge in [-0.1, -0.05) is 48.0 Å². The molecular formula is C23H19ClN2O3S. The Labute approximate surface area is 183 Å². The number of carbonyl (C=O) groups is 2. The minimum atomic E-state index is -1.90. The molecule has 1 heterocycles. The highest BCUT2D eigenvalue weighted by molar-refractivity contribution is 7.98. The second-order valence-corrected chi connectivity index (χ2v) is 8.23. The number of para-hydroxylation sites is 1. The van der Waals surface area contributed by atoms with E-state index < -0.39 is 11.5 Å². The largest absolute Gasteiger partial charge is 0.372 e. The Morgan fingerprint density at radius 1 is 1.10 bits per heavy atom. The maximum Gasteiger partial charge on any atom is 0.268 e. The van der Waals surface area contributed by atoms with E-state index in [4.69, 9.17) is 11.6 Å². The standard InChI is InChI=1S/C23H19ClN2O3S/c1-30-18-9-5-8-17(13-18)25-21(27)14-26-20-11-3-2-10-19(20)23(29,22(26)28)15-6-4-7-16(24)12-15/h2-13,29H,14H2,1H3,(H,25,27). The second kappa shape index (κ2) is 8.14. The molecule has 0 aromatic heterocycles. The van der Waals surface area contributed by atoms with Gasteiger partial charge in [0.2, 0.25) is 5.91 Å². The zero-order valence-corrected chi connectivity index (χ0v) is 17.7. The maximum absolute atomic E-state index is 13.3. The van der Waals surface area contributed by atoms with E-state index in [1.54, 1.807) is 66.4 Å². The number of hydrogen-bond donors (Lipinski definition) is 2. The summed E-state index contributed by atoms with van der Waals surface area (Å²) in [5.41, 5.74) is 0.0351. The summed E-state index contributed by atoms with van der Waals surface area (Å²) in [4.78, 5) is 28.4. The van der Waals surface area contributed by atoms with Crippen LogP contribution in [0.15, 0.2) is 77.7 Å². The molecule has 0 aliphatic carbocycles. The van der Waals surface area contributed by atoms with Gasteiger partial charge in [0.25, 0.3) is 5.91 Å². The number of carbonyl (C=O) groups excluding carboxylic acids is 2. The summed E-state index contributed by atoms with van der Waals surface area (Å²) < 4.78 is 0. The molecular weight excluding hydrogens is 420 g/mol. The Morgan fingerprint density at radius 2 is 1.87 bits per heavy atom. The van der Waals surface area contributed by atoms with Crippen LogP contribution in [0.4, 0.5) is 11.4 Å². The molecule has 152 valence electrons. The van der Waals surface area contributed by atoms with Crippen LogP contribution in [-0.2, 0) is 15.2 Å². The van der Waals surface area contributed by atoms with E-state index in [2.05, 4.69) is 5.32 Å². The van der Waals surface area contributed by atoms with Gasteiger partial charge in [0.15, 0.2) is 5.60 Å². The SMILES string of the molecule is CSc1cccc(NC(=O)CN2C(=O)C(O)(c3cccc(Cl)c3)c3ccccc32)c1. The molecule has 0 saturated heterocycles. The molecule has 5 nitrogen and oxygen atoms in total. The van der Waals surface area contributed by atoms with E-state index in [1.165, 1.54) is 4.90 Å². The smallest absolute Gasteiger partial charge is 0.268 e. The summed E-state index contributed by atoms with van der Waals surface area (Å²) in [6.45, 7) is -0.220. The minimum Gasteiger partial charge on any atom is -0.372 e. The van der Waals surface area contributed by atoms with E-state index in [9.17, 15) is 14.7 Å². The van der Waals surface area contributed by atoms with Crippen LogP contribution in [0, 0.1) is 0 Å². The molecule has 30 heavy (non-hydrogen) atoms. The van der Waals surface area contributed by atoms with Crippen LogP contribution >= 0.6 is 23.4 Å². The molecule has 2 N–H and O–H groups in total. The van der Waals surface area contributed by atoms with Crippen molar-refractivity contribution in [2.75, 3.05) is 23.0 Å². The van der Waals surface area contributed by atoms with E-state index in [-0.39, 0.29) is 12.5 Å². The monoisotopic (exact) mass is 438 g/mol. The summed E-state index contributed by atoms with van der Waals surface area (Å²) in [5.74, 6) is -0.939. The molecule has 0 fully saturated rings. The molecule has 0 saturated carbocycles. The summed E-state index contributed by atoms with van der Waals surface area (Å²) in [5, 5.41) is 14.7. The fourth-order valence-electron chi connectivity index (χ4n) is 3.63. The Balaban J connectivity index is 1.64. The number of halogens is 1. The molecule has 2 amide bonds. The highest BCUT2D eigenvalue weighted by atomic mass is 35.5. The Kier molecular flexibility index (Phi) is 5.56. The van der Waals surface area contributed by atoms with Crippen LogP contribution in [0.5, 0.6) is 0 Å². The Hall–Kier alpha value is -2.80. The van der Waals surface area contributed by atoms with Gasteiger partial charge in [-0.15, -0.1) is 11.8 Å². The van der Waals surface area contributed by atoms with E-state index >= 15 is 0 Å². The van der Waals surface area contributed by atoms with Gasteiger partial charge in [-0.3, -0.25) is 14.5 Å². The average molecular weight is 439 g/mol. The number of amides is 2. The van der Waals surface area contributed by atoms with E-state index in [1.807, 2.05) is 24.5 Å². The maximum atomic E-state index is 13.3. The van der Waals surface area contributed by atoms with Crippen LogP contribution in [0.25, 0.3) is 0 Å². The third-order valence-electron chi connectivity index (χ3n) is 5.04. The number of hydrogen-bond acceptors (Lipinski definition) is 4. The van der Waals surface area contributed by atoms with Crippen molar-refractivity contribution in [3.05, 3.63) is 88.9 Å². The lowest BCUT2D eigenvalue weighted by atomic mass is 9.87. The lowest BCUT2D eigenvalue weighted by Crippen LogP contribution is -2.44. The number of anilines is 2. The van der Waals surface area contributed by atoms with Crippen LogP contribution in [0.3, 0.4) is 0 Å². The van der Waals surface area contributed by atoms with Crippen LogP contribution in [0.2, 0.25) is 5.02 Å². The number of benzene rings is 3. The quantitative estimate of drug-likeness (QED) is 0.583. The van der Waals surface area contributed by atoms with Gasteiger partial charge in [-0.2, -0.15) is 0 Å².